The normalized spacial score (nSPS) is 15.2. The lowest BCUT2D eigenvalue weighted by Gasteiger charge is -2.35. The van der Waals surface area contributed by atoms with E-state index in [0.29, 0.717) is 12.2 Å². The average molecular weight is 359 g/mol. The van der Waals surface area contributed by atoms with E-state index in [4.69, 9.17) is 16.3 Å². The Bertz CT molecular complexity index is 710. The van der Waals surface area contributed by atoms with Gasteiger partial charge in [0, 0.05) is 43.3 Å². The maximum atomic E-state index is 12.6. The Morgan fingerprint density at radius 3 is 2.36 bits per heavy atom. The van der Waals surface area contributed by atoms with Gasteiger partial charge in [0.25, 0.3) is 5.91 Å². The van der Waals surface area contributed by atoms with Gasteiger partial charge in [-0.1, -0.05) is 29.8 Å². The van der Waals surface area contributed by atoms with Crippen LogP contribution in [0.4, 0.5) is 0 Å². The summed E-state index contributed by atoms with van der Waals surface area (Å²) in [4.78, 5) is 16.9. The minimum Gasteiger partial charge on any atom is -0.494 e. The van der Waals surface area contributed by atoms with Crippen LogP contribution in [0.3, 0.4) is 0 Å². The lowest BCUT2D eigenvalue weighted by molar-refractivity contribution is 0.0628. The molecule has 0 atom stereocenters. The van der Waals surface area contributed by atoms with Gasteiger partial charge in [-0.05, 0) is 42.8 Å². The molecule has 1 saturated heterocycles. The van der Waals surface area contributed by atoms with Crippen LogP contribution in [0, 0.1) is 0 Å². The predicted octanol–water partition coefficient (Wildman–Crippen LogP) is 3.70. The van der Waals surface area contributed by atoms with Gasteiger partial charge in [-0.25, -0.2) is 0 Å². The summed E-state index contributed by atoms with van der Waals surface area (Å²) in [5.41, 5.74) is 1.85. The van der Waals surface area contributed by atoms with E-state index in [1.807, 2.05) is 54.3 Å². The van der Waals surface area contributed by atoms with Crippen molar-refractivity contribution < 1.29 is 9.53 Å². The Kier molecular flexibility index (Phi) is 5.95. The number of rotatable bonds is 5. The molecule has 1 heterocycles. The molecule has 0 N–H and O–H groups in total. The van der Waals surface area contributed by atoms with Crippen LogP contribution in [0.1, 0.15) is 22.8 Å². The molecule has 0 radical (unpaired) electrons. The van der Waals surface area contributed by atoms with Crippen LogP contribution in [-0.2, 0) is 6.54 Å². The zero-order valence-corrected chi connectivity index (χ0v) is 15.2. The fourth-order valence-electron chi connectivity index (χ4n) is 3.02. The molecule has 0 bridgehead atoms. The molecule has 132 valence electrons. The van der Waals surface area contributed by atoms with Crippen molar-refractivity contribution in [3.05, 3.63) is 64.7 Å². The molecule has 2 aromatic rings. The van der Waals surface area contributed by atoms with Crippen molar-refractivity contribution in [2.75, 3.05) is 32.8 Å². The van der Waals surface area contributed by atoms with Gasteiger partial charge in [0.15, 0.2) is 0 Å². The topological polar surface area (TPSA) is 32.8 Å². The summed E-state index contributed by atoms with van der Waals surface area (Å²) in [5, 5.41) is 0.801. The van der Waals surface area contributed by atoms with Gasteiger partial charge in [-0.15, -0.1) is 0 Å². The molecule has 0 aliphatic carbocycles. The van der Waals surface area contributed by atoms with E-state index in [9.17, 15) is 4.79 Å². The maximum Gasteiger partial charge on any atom is 0.253 e. The number of hydrogen-bond acceptors (Lipinski definition) is 3. The van der Waals surface area contributed by atoms with Crippen molar-refractivity contribution in [3.8, 4) is 5.75 Å². The van der Waals surface area contributed by atoms with Gasteiger partial charge in [0.05, 0.1) is 6.61 Å². The van der Waals surface area contributed by atoms with Crippen LogP contribution >= 0.6 is 11.6 Å². The minimum absolute atomic E-state index is 0.0837. The van der Waals surface area contributed by atoms with Crippen LogP contribution in [0.2, 0.25) is 5.02 Å². The summed E-state index contributed by atoms with van der Waals surface area (Å²) in [6, 6.07) is 15.3. The van der Waals surface area contributed by atoms with Crippen molar-refractivity contribution in [2.45, 2.75) is 13.5 Å². The first-order valence-electron chi connectivity index (χ1n) is 8.65. The number of piperazine rings is 1. The standard InChI is InChI=1S/C20H23ClN2O2/c1-2-25-18-9-7-16(8-10-18)20(24)23-13-11-22(12-14-23)15-17-5-3-4-6-19(17)21/h3-10H,2,11-15H2,1H3. The number of amides is 1. The number of halogens is 1. The molecule has 1 aliphatic rings. The predicted molar refractivity (Wildman–Crippen MR) is 100 cm³/mol. The molecular weight excluding hydrogens is 336 g/mol. The lowest BCUT2D eigenvalue weighted by Crippen LogP contribution is -2.48. The molecule has 1 fully saturated rings. The quantitative estimate of drug-likeness (QED) is 0.817. The van der Waals surface area contributed by atoms with Gasteiger partial charge in [-0.2, -0.15) is 0 Å². The van der Waals surface area contributed by atoms with E-state index >= 15 is 0 Å². The largest absolute Gasteiger partial charge is 0.494 e. The zero-order valence-electron chi connectivity index (χ0n) is 14.5. The molecule has 1 aliphatic heterocycles. The highest BCUT2D eigenvalue weighted by Gasteiger charge is 2.22. The van der Waals surface area contributed by atoms with Crippen molar-refractivity contribution in [2.24, 2.45) is 0 Å². The number of hydrogen-bond donors (Lipinski definition) is 0. The van der Waals surface area contributed by atoms with Crippen molar-refractivity contribution in [3.63, 3.8) is 0 Å². The molecule has 4 nitrogen and oxygen atoms in total. The maximum absolute atomic E-state index is 12.6. The molecule has 25 heavy (non-hydrogen) atoms. The molecule has 0 aromatic heterocycles. The van der Waals surface area contributed by atoms with E-state index in [1.54, 1.807) is 0 Å². The van der Waals surface area contributed by atoms with Crippen LogP contribution in [0.15, 0.2) is 48.5 Å². The number of carbonyl (C=O) groups is 1. The first kappa shape index (κ1) is 17.8. The smallest absolute Gasteiger partial charge is 0.253 e. The van der Waals surface area contributed by atoms with Gasteiger partial charge in [-0.3, -0.25) is 9.69 Å². The SMILES string of the molecule is CCOc1ccc(C(=O)N2CCN(Cc3ccccc3Cl)CC2)cc1. The monoisotopic (exact) mass is 358 g/mol. The molecule has 0 spiro atoms. The Morgan fingerprint density at radius 2 is 1.72 bits per heavy atom. The van der Waals surface area contributed by atoms with Crippen LogP contribution in [-0.4, -0.2) is 48.5 Å². The fraction of sp³-hybridized carbons (Fsp3) is 0.350. The average Bonchev–Trinajstić information content (AvgIpc) is 2.65. The summed E-state index contributed by atoms with van der Waals surface area (Å²) >= 11 is 6.24. The summed E-state index contributed by atoms with van der Waals surface area (Å²) in [6.07, 6.45) is 0. The lowest BCUT2D eigenvalue weighted by atomic mass is 10.1. The zero-order chi connectivity index (χ0) is 17.6. The van der Waals surface area contributed by atoms with Gasteiger partial charge in [0.1, 0.15) is 5.75 Å². The van der Waals surface area contributed by atoms with E-state index < -0.39 is 0 Å². The highest BCUT2D eigenvalue weighted by molar-refractivity contribution is 6.31. The third-order valence-electron chi connectivity index (χ3n) is 4.42. The molecule has 5 heteroatoms. The van der Waals surface area contributed by atoms with Gasteiger partial charge < -0.3 is 9.64 Å². The number of benzene rings is 2. The third kappa shape index (κ3) is 4.53. The number of carbonyl (C=O) groups excluding carboxylic acids is 1. The van der Waals surface area contributed by atoms with E-state index in [0.717, 1.165) is 49.1 Å². The fourth-order valence-corrected chi connectivity index (χ4v) is 3.22. The Labute approximate surface area is 154 Å². The highest BCUT2D eigenvalue weighted by Crippen LogP contribution is 2.19. The van der Waals surface area contributed by atoms with Crippen LogP contribution in [0.25, 0.3) is 0 Å². The third-order valence-corrected chi connectivity index (χ3v) is 4.79. The molecule has 2 aromatic carbocycles. The second-order valence-corrected chi connectivity index (χ2v) is 6.52. The number of nitrogens with zero attached hydrogens (tertiary/aromatic N) is 2. The molecular formula is C20H23ClN2O2. The van der Waals surface area contributed by atoms with Crippen molar-refractivity contribution >= 4 is 17.5 Å². The van der Waals surface area contributed by atoms with Crippen molar-refractivity contribution in [1.29, 1.82) is 0 Å². The summed E-state index contributed by atoms with van der Waals surface area (Å²) < 4.78 is 5.42. The minimum atomic E-state index is 0.0837. The summed E-state index contributed by atoms with van der Waals surface area (Å²) in [5.74, 6) is 0.879. The van der Waals surface area contributed by atoms with Crippen LogP contribution < -0.4 is 4.74 Å². The summed E-state index contributed by atoms with van der Waals surface area (Å²) in [7, 11) is 0. The second kappa shape index (κ2) is 8.37. The van der Waals surface area contributed by atoms with E-state index in [-0.39, 0.29) is 5.91 Å². The van der Waals surface area contributed by atoms with Gasteiger partial charge in [0.2, 0.25) is 0 Å². The van der Waals surface area contributed by atoms with Crippen molar-refractivity contribution in [1.82, 2.24) is 9.80 Å². The molecule has 3 rings (SSSR count). The van der Waals surface area contributed by atoms with E-state index in [2.05, 4.69) is 11.0 Å². The summed E-state index contributed by atoms with van der Waals surface area (Å²) in [6.45, 7) is 6.57. The first-order valence-corrected chi connectivity index (χ1v) is 9.03. The highest BCUT2D eigenvalue weighted by atomic mass is 35.5. The Hall–Kier alpha value is -2.04. The molecule has 1 amide bonds. The number of ether oxygens (including phenoxy) is 1. The van der Waals surface area contributed by atoms with Crippen LogP contribution in [0.5, 0.6) is 5.75 Å². The second-order valence-electron chi connectivity index (χ2n) is 6.12. The molecule has 0 unspecified atom stereocenters. The van der Waals surface area contributed by atoms with Gasteiger partial charge >= 0.3 is 0 Å². The van der Waals surface area contributed by atoms with E-state index in [1.165, 1.54) is 0 Å². The Balaban J connectivity index is 1.54. The first-order chi connectivity index (χ1) is 12.2. The Morgan fingerprint density at radius 1 is 1.04 bits per heavy atom. The molecule has 0 saturated carbocycles.